The topological polar surface area (TPSA) is 163 Å². The van der Waals surface area contributed by atoms with Crippen LogP contribution in [0, 0.1) is 0 Å². The Balaban J connectivity index is 0.00000169. The number of nitrogens with zero attached hydrogens (tertiary/aromatic N) is 6. The average molecular weight is 677 g/mol. The van der Waals surface area contributed by atoms with Crippen molar-refractivity contribution >= 4 is 83.8 Å². The van der Waals surface area contributed by atoms with E-state index in [1.807, 2.05) is 72.8 Å². The second-order valence-electron chi connectivity index (χ2n) is 10.4. The van der Waals surface area contributed by atoms with Crippen LogP contribution in [0.5, 0.6) is 0 Å². The number of hydrogen-bond donors (Lipinski definition) is 3. The van der Waals surface area contributed by atoms with E-state index in [0.29, 0.717) is 45.6 Å². The standard InChI is InChI=1S/C32H18N8O3S.Na.Ni.H/c41-44(42,43)23-15-7-14-22-24(23)32-39-30-21-13-6-5-12-20(21)28(37-30)35-26-17-9-2-1-8-16(17)25(33-26)34-27-18-10-3-4-11-19(18)29(36-27)38-31(22)40-32;;;/h1-15H,(H,41,42,43)(H2,33,34,35,36,37,38,39,40);;;. The second kappa shape index (κ2) is 11.2. The minimum absolute atomic E-state index is 0. The Morgan fingerprint density at radius 2 is 0.848 bits per heavy atom. The van der Waals surface area contributed by atoms with Gasteiger partial charge in [0.15, 0.2) is 23.3 Å². The fourth-order valence-electron chi connectivity index (χ4n) is 5.87. The molecular formula is C32H19N8NaNiO3S. The van der Waals surface area contributed by atoms with Crippen LogP contribution in [-0.2, 0) is 26.6 Å². The van der Waals surface area contributed by atoms with Gasteiger partial charge in [0.05, 0.1) is 0 Å². The van der Waals surface area contributed by atoms with Crippen molar-refractivity contribution in [1.82, 2.24) is 39.9 Å². The first-order valence-corrected chi connectivity index (χ1v) is 15.1. The van der Waals surface area contributed by atoms with Crippen molar-refractivity contribution < 1.29 is 29.5 Å². The minimum Gasteiger partial charge on any atom is 0 e. The van der Waals surface area contributed by atoms with Gasteiger partial charge in [0.1, 0.15) is 27.5 Å². The number of aromatic amines is 2. The monoisotopic (exact) mass is 676 g/mol. The van der Waals surface area contributed by atoms with Gasteiger partial charge in [-0.15, -0.1) is 0 Å². The molecule has 2 aliphatic heterocycles. The Hall–Kier alpha value is -4.36. The van der Waals surface area contributed by atoms with Crippen LogP contribution in [-0.4, -0.2) is 82.4 Å². The van der Waals surface area contributed by atoms with Gasteiger partial charge in [-0.25, -0.2) is 29.9 Å². The third-order valence-electron chi connectivity index (χ3n) is 7.82. The van der Waals surface area contributed by atoms with Gasteiger partial charge in [0.2, 0.25) is 0 Å². The van der Waals surface area contributed by atoms with Crippen LogP contribution in [0.3, 0.4) is 0 Å². The van der Waals surface area contributed by atoms with Gasteiger partial charge in [-0.3, -0.25) is 4.55 Å². The second-order valence-corrected chi connectivity index (χ2v) is 11.8. The van der Waals surface area contributed by atoms with E-state index >= 15 is 0 Å². The summed E-state index contributed by atoms with van der Waals surface area (Å²) in [5.74, 6) is 1.60. The van der Waals surface area contributed by atoms with E-state index in [1.54, 1.807) is 12.1 Å². The number of benzene rings is 4. The molecule has 7 aromatic rings. The third kappa shape index (κ3) is 4.67. The Morgan fingerprint density at radius 1 is 0.478 bits per heavy atom. The zero-order chi connectivity index (χ0) is 29.6. The molecule has 0 aliphatic carbocycles. The molecule has 0 radical (unpaired) electrons. The summed E-state index contributed by atoms with van der Waals surface area (Å²) in [5, 5.41) is 2.36. The number of H-pyrrole nitrogens is 2. The molecule has 0 saturated heterocycles. The SMILES string of the molecule is O=S(=O)(O)c1cccc2c3nc4nc(nc5[nH]c(nc6nc(nc([nH]3)c12)-c1ccccc1-6)c1ccccc51)-c1ccccc1-4.[NaH].[Ni]. The molecule has 0 saturated carbocycles. The van der Waals surface area contributed by atoms with Crippen LogP contribution in [0.15, 0.2) is 95.9 Å². The van der Waals surface area contributed by atoms with E-state index in [4.69, 9.17) is 29.9 Å². The summed E-state index contributed by atoms with van der Waals surface area (Å²) in [4.78, 5) is 35.4. The molecule has 0 atom stereocenters. The number of rotatable bonds is 1. The van der Waals surface area contributed by atoms with Crippen LogP contribution in [0.25, 0.3) is 89.7 Å². The smallest absolute Gasteiger partial charge is 0 e. The molecule has 9 rings (SSSR count). The molecule has 0 amide bonds. The van der Waals surface area contributed by atoms with Crippen LogP contribution < -0.4 is 0 Å². The molecule has 8 bridgehead atoms. The molecule has 2 aliphatic rings. The molecule has 3 aromatic heterocycles. The van der Waals surface area contributed by atoms with Crippen molar-refractivity contribution in [3.8, 4) is 45.6 Å². The Labute approximate surface area is 292 Å². The summed E-state index contributed by atoms with van der Waals surface area (Å²) in [6.07, 6.45) is 0. The summed E-state index contributed by atoms with van der Waals surface area (Å²) in [5.41, 5.74) is 4.68. The van der Waals surface area contributed by atoms with Crippen molar-refractivity contribution in [2.75, 3.05) is 0 Å². The first-order chi connectivity index (χ1) is 21.4. The molecule has 14 heteroatoms. The zero-order valence-corrected chi connectivity index (χ0v) is 24.6. The predicted molar refractivity (Wildman–Crippen MR) is 173 cm³/mol. The van der Waals surface area contributed by atoms with Crippen molar-refractivity contribution in [1.29, 1.82) is 0 Å². The van der Waals surface area contributed by atoms with Gasteiger partial charge in [0, 0.05) is 60.3 Å². The molecule has 0 fully saturated rings. The van der Waals surface area contributed by atoms with Gasteiger partial charge >= 0.3 is 29.6 Å². The molecule has 46 heavy (non-hydrogen) atoms. The normalized spacial score (nSPS) is 11.8. The molecular weight excluding hydrogens is 658 g/mol. The Bertz CT molecular complexity index is 2670. The fourth-order valence-corrected chi connectivity index (χ4v) is 6.59. The molecule has 3 N–H and O–H groups in total. The van der Waals surface area contributed by atoms with E-state index in [-0.39, 0.29) is 62.0 Å². The van der Waals surface area contributed by atoms with E-state index in [2.05, 4.69) is 9.97 Å². The van der Waals surface area contributed by atoms with Crippen LogP contribution in [0.4, 0.5) is 0 Å². The van der Waals surface area contributed by atoms with E-state index in [9.17, 15) is 13.0 Å². The van der Waals surface area contributed by atoms with Crippen molar-refractivity contribution in [2.45, 2.75) is 4.90 Å². The molecule has 0 unspecified atom stereocenters. The quantitative estimate of drug-likeness (QED) is 0.151. The van der Waals surface area contributed by atoms with Gasteiger partial charge in [-0.1, -0.05) is 84.9 Å². The maximum absolute atomic E-state index is 12.5. The Kier molecular flexibility index (Phi) is 7.35. The maximum Gasteiger partial charge on any atom is 0 e. The maximum atomic E-state index is 12.5. The fraction of sp³-hybridized carbons (Fsp3) is 0. The molecule has 0 spiro atoms. The van der Waals surface area contributed by atoms with Gasteiger partial charge < -0.3 is 9.97 Å². The van der Waals surface area contributed by atoms with Gasteiger partial charge in [-0.2, -0.15) is 8.42 Å². The predicted octanol–water partition coefficient (Wildman–Crippen LogP) is 5.46. The van der Waals surface area contributed by atoms with E-state index < -0.39 is 10.1 Å². The number of aromatic nitrogens is 8. The number of fused-ring (bicyclic) bond motifs is 20. The summed E-state index contributed by atoms with van der Waals surface area (Å²) in [7, 11) is -4.62. The van der Waals surface area contributed by atoms with Crippen LogP contribution in [0.2, 0.25) is 0 Å². The minimum atomic E-state index is -4.62. The number of nitrogens with one attached hydrogen (secondary N) is 2. The van der Waals surface area contributed by atoms with Gasteiger partial charge in [-0.05, 0) is 6.07 Å². The summed E-state index contributed by atoms with van der Waals surface area (Å²) in [6.45, 7) is 0. The van der Waals surface area contributed by atoms with Gasteiger partial charge in [0.25, 0.3) is 10.1 Å². The van der Waals surface area contributed by atoms with Crippen molar-refractivity contribution in [3.63, 3.8) is 0 Å². The summed E-state index contributed by atoms with van der Waals surface area (Å²) in [6, 6.07) is 27.6. The van der Waals surface area contributed by atoms with Crippen LogP contribution >= 0.6 is 0 Å². The Morgan fingerprint density at radius 3 is 1.30 bits per heavy atom. The largest absolute Gasteiger partial charge is 0 e. The summed E-state index contributed by atoms with van der Waals surface area (Å²) < 4.78 is 35.2. The van der Waals surface area contributed by atoms with Crippen molar-refractivity contribution in [2.24, 2.45) is 0 Å². The van der Waals surface area contributed by atoms with E-state index in [0.717, 1.165) is 33.0 Å². The molecule has 11 nitrogen and oxygen atoms in total. The van der Waals surface area contributed by atoms with E-state index in [1.165, 1.54) is 6.07 Å². The van der Waals surface area contributed by atoms with Crippen LogP contribution in [0.1, 0.15) is 0 Å². The first kappa shape index (κ1) is 30.3. The zero-order valence-electron chi connectivity index (χ0n) is 22.8. The first-order valence-electron chi connectivity index (χ1n) is 13.6. The average Bonchev–Trinajstić information content (AvgIpc) is 3.76. The summed E-state index contributed by atoms with van der Waals surface area (Å²) >= 11 is 0. The molecule has 4 aromatic carbocycles. The third-order valence-corrected chi connectivity index (χ3v) is 8.72. The molecule has 5 heterocycles. The van der Waals surface area contributed by atoms with Crippen molar-refractivity contribution in [3.05, 3.63) is 91.0 Å². The molecule has 222 valence electrons. The number of hydrogen-bond acceptors (Lipinski definition) is 8.